The number of carbonyl (C=O) groups is 1. The van der Waals surface area contributed by atoms with Gasteiger partial charge in [0.2, 0.25) is 0 Å². The summed E-state index contributed by atoms with van der Waals surface area (Å²) in [7, 11) is 5.29. The number of methoxy groups -OCH3 is 1. The van der Waals surface area contributed by atoms with Crippen molar-refractivity contribution in [1.82, 2.24) is 14.7 Å². The van der Waals surface area contributed by atoms with Gasteiger partial charge in [-0.15, -0.1) is 0 Å². The van der Waals surface area contributed by atoms with Crippen molar-refractivity contribution >= 4 is 11.8 Å². The smallest absolute Gasteiger partial charge is 0.322 e. The summed E-state index contributed by atoms with van der Waals surface area (Å²) in [5.41, 5.74) is 1.75. The Morgan fingerprint density at radius 2 is 2.21 bits per heavy atom. The summed E-state index contributed by atoms with van der Waals surface area (Å²) in [5, 5.41) is 7.41. The van der Waals surface area contributed by atoms with E-state index in [1.165, 1.54) is 12.8 Å². The van der Waals surface area contributed by atoms with Crippen LogP contribution in [0.25, 0.3) is 11.3 Å². The molecule has 0 saturated heterocycles. The lowest BCUT2D eigenvalue weighted by Gasteiger charge is -2.17. The summed E-state index contributed by atoms with van der Waals surface area (Å²) in [6, 6.07) is 9.49. The highest BCUT2D eigenvalue weighted by Crippen LogP contribution is 2.32. The Morgan fingerprint density at radius 3 is 2.92 bits per heavy atom. The van der Waals surface area contributed by atoms with Gasteiger partial charge in [-0.1, -0.05) is 25.0 Å². The maximum atomic E-state index is 12.3. The maximum Gasteiger partial charge on any atom is 0.322 e. The summed E-state index contributed by atoms with van der Waals surface area (Å²) in [4.78, 5) is 14.0. The first kappa shape index (κ1) is 16.4. The van der Waals surface area contributed by atoms with Crippen molar-refractivity contribution in [3.05, 3.63) is 30.3 Å². The van der Waals surface area contributed by atoms with E-state index in [9.17, 15) is 4.79 Å². The summed E-state index contributed by atoms with van der Waals surface area (Å²) in [6.07, 6.45) is 3.70. The summed E-state index contributed by atoms with van der Waals surface area (Å²) in [5.74, 6) is 2.27. The number of urea groups is 1. The van der Waals surface area contributed by atoms with E-state index in [1.807, 2.05) is 44.4 Å². The molecule has 3 rings (SSSR count). The Balaban J connectivity index is 1.67. The van der Waals surface area contributed by atoms with Crippen LogP contribution in [0.1, 0.15) is 19.3 Å². The van der Waals surface area contributed by atoms with Gasteiger partial charge in [-0.05, 0) is 24.5 Å². The molecule has 6 heteroatoms. The van der Waals surface area contributed by atoms with Gasteiger partial charge in [0.1, 0.15) is 11.6 Å². The summed E-state index contributed by atoms with van der Waals surface area (Å²) in [6.45, 7) is 0.789. The zero-order valence-electron chi connectivity index (χ0n) is 14.5. The molecule has 1 aromatic carbocycles. The van der Waals surface area contributed by atoms with Crippen LogP contribution in [0.2, 0.25) is 0 Å². The van der Waals surface area contributed by atoms with E-state index in [4.69, 9.17) is 4.74 Å². The third-order valence-electron chi connectivity index (χ3n) is 4.40. The van der Waals surface area contributed by atoms with Gasteiger partial charge in [0.05, 0.1) is 12.8 Å². The number of benzene rings is 1. The van der Waals surface area contributed by atoms with Crippen LogP contribution in [0.3, 0.4) is 0 Å². The fourth-order valence-corrected chi connectivity index (χ4v) is 2.60. The first-order valence-corrected chi connectivity index (χ1v) is 8.27. The molecule has 2 aromatic rings. The molecule has 2 amide bonds. The number of aromatic nitrogens is 2. The number of hydrogen-bond acceptors (Lipinski definition) is 3. The topological polar surface area (TPSA) is 59.4 Å². The van der Waals surface area contributed by atoms with Gasteiger partial charge in [0, 0.05) is 32.3 Å². The highest BCUT2D eigenvalue weighted by molar-refractivity contribution is 5.89. The van der Waals surface area contributed by atoms with Crippen molar-refractivity contribution in [3.63, 3.8) is 0 Å². The summed E-state index contributed by atoms with van der Waals surface area (Å²) >= 11 is 0. The molecule has 1 heterocycles. The predicted octanol–water partition coefficient (Wildman–Crippen LogP) is 3.36. The van der Waals surface area contributed by atoms with E-state index >= 15 is 0 Å². The van der Waals surface area contributed by atoms with Gasteiger partial charge < -0.3 is 9.64 Å². The SMILES string of the molecule is COc1cccc(-c2cc(NC(=O)N(C)CCC3CC3)n(C)n2)c1. The highest BCUT2D eigenvalue weighted by atomic mass is 16.5. The van der Waals surface area contributed by atoms with Crippen LogP contribution in [0.5, 0.6) is 5.75 Å². The second-order valence-electron chi connectivity index (χ2n) is 6.35. The van der Waals surface area contributed by atoms with E-state index < -0.39 is 0 Å². The molecule has 0 aliphatic heterocycles. The number of rotatable bonds is 6. The lowest BCUT2D eigenvalue weighted by molar-refractivity contribution is 0.221. The van der Waals surface area contributed by atoms with Crippen molar-refractivity contribution in [2.45, 2.75) is 19.3 Å². The molecule has 1 aromatic heterocycles. The highest BCUT2D eigenvalue weighted by Gasteiger charge is 2.22. The van der Waals surface area contributed by atoms with E-state index in [1.54, 1.807) is 16.7 Å². The minimum Gasteiger partial charge on any atom is -0.497 e. The number of nitrogens with zero attached hydrogens (tertiary/aromatic N) is 3. The fourth-order valence-electron chi connectivity index (χ4n) is 2.60. The zero-order chi connectivity index (χ0) is 17.1. The molecule has 0 unspecified atom stereocenters. The van der Waals surface area contributed by atoms with Crippen molar-refractivity contribution in [1.29, 1.82) is 0 Å². The first-order chi connectivity index (χ1) is 11.6. The van der Waals surface area contributed by atoms with Gasteiger partial charge in [-0.25, -0.2) is 4.79 Å². The fraction of sp³-hybridized carbons (Fsp3) is 0.444. The molecule has 1 saturated carbocycles. The molecule has 0 atom stereocenters. The third kappa shape index (κ3) is 3.88. The Labute approximate surface area is 142 Å². The molecule has 0 radical (unpaired) electrons. The largest absolute Gasteiger partial charge is 0.497 e. The van der Waals surface area contributed by atoms with E-state index in [-0.39, 0.29) is 6.03 Å². The van der Waals surface area contributed by atoms with Crippen LogP contribution in [0, 0.1) is 5.92 Å². The van der Waals surface area contributed by atoms with Crippen LogP contribution in [-0.2, 0) is 7.05 Å². The summed E-state index contributed by atoms with van der Waals surface area (Å²) < 4.78 is 6.93. The van der Waals surface area contributed by atoms with Gasteiger partial charge in [-0.2, -0.15) is 5.10 Å². The van der Waals surface area contributed by atoms with E-state index in [0.29, 0.717) is 5.82 Å². The molecular formula is C18H24N4O2. The third-order valence-corrected chi connectivity index (χ3v) is 4.40. The number of carbonyl (C=O) groups excluding carboxylic acids is 1. The van der Waals surface area contributed by atoms with Crippen LogP contribution >= 0.6 is 0 Å². The number of aryl methyl sites for hydroxylation is 1. The molecule has 0 bridgehead atoms. The van der Waals surface area contributed by atoms with Gasteiger partial charge in [-0.3, -0.25) is 10.00 Å². The first-order valence-electron chi connectivity index (χ1n) is 8.27. The second-order valence-corrected chi connectivity index (χ2v) is 6.35. The Kier molecular flexibility index (Phi) is 4.74. The van der Waals surface area contributed by atoms with Crippen LogP contribution in [0.15, 0.2) is 30.3 Å². The lowest BCUT2D eigenvalue weighted by Crippen LogP contribution is -2.32. The molecular weight excluding hydrogens is 304 g/mol. The van der Waals surface area contributed by atoms with Crippen molar-refractivity contribution in [2.24, 2.45) is 13.0 Å². The van der Waals surface area contributed by atoms with Crippen molar-refractivity contribution < 1.29 is 9.53 Å². The average Bonchev–Trinajstić information content (AvgIpc) is 3.36. The number of amides is 2. The Bertz CT molecular complexity index is 722. The standard InChI is InChI=1S/C18H24N4O2/c1-21(10-9-13-7-8-13)18(23)19-17-12-16(20-22(17)2)14-5-4-6-15(11-14)24-3/h4-6,11-13H,7-10H2,1-3H3,(H,19,23). The molecule has 1 fully saturated rings. The van der Waals surface area contributed by atoms with Gasteiger partial charge >= 0.3 is 6.03 Å². The average molecular weight is 328 g/mol. The molecule has 0 spiro atoms. The van der Waals surface area contributed by atoms with E-state index in [0.717, 1.165) is 35.9 Å². The van der Waals surface area contributed by atoms with Crippen LogP contribution < -0.4 is 10.1 Å². The number of ether oxygens (including phenoxy) is 1. The second kappa shape index (κ2) is 6.95. The van der Waals surface area contributed by atoms with Gasteiger partial charge in [0.15, 0.2) is 0 Å². The Morgan fingerprint density at radius 1 is 1.42 bits per heavy atom. The Hall–Kier alpha value is -2.50. The number of hydrogen-bond donors (Lipinski definition) is 1. The predicted molar refractivity (Wildman–Crippen MR) is 94.2 cm³/mol. The van der Waals surface area contributed by atoms with Crippen LogP contribution in [-0.4, -0.2) is 41.4 Å². The minimum atomic E-state index is -0.101. The normalized spacial score (nSPS) is 13.6. The van der Waals surface area contributed by atoms with E-state index in [2.05, 4.69) is 10.4 Å². The molecule has 1 aliphatic rings. The van der Waals surface area contributed by atoms with Crippen molar-refractivity contribution in [3.8, 4) is 17.0 Å². The number of anilines is 1. The molecule has 128 valence electrons. The molecule has 1 N–H and O–H groups in total. The zero-order valence-corrected chi connectivity index (χ0v) is 14.5. The maximum absolute atomic E-state index is 12.3. The molecule has 24 heavy (non-hydrogen) atoms. The lowest BCUT2D eigenvalue weighted by atomic mass is 10.1. The van der Waals surface area contributed by atoms with Crippen LogP contribution in [0.4, 0.5) is 10.6 Å². The monoisotopic (exact) mass is 328 g/mol. The number of nitrogens with one attached hydrogen (secondary N) is 1. The minimum absolute atomic E-state index is 0.101. The molecule has 1 aliphatic carbocycles. The van der Waals surface area contributed by atoms with Crippen molar-refractivity contribution in [2.75, 3.05) is 26.0 Å². The quantitative estimate of drug-likeness (QED) is 0.884. The molecule has 6 nitrogen and oxygen atoms in total. The van der Waals surface area contributed by atoms with Gasteiger partial charge in [0.25, 0.3) is 0 Å².